The Morgan fingerprint density at radius 3 is 2.80 bits per heavy atom. The van der Waals surface area contributed by atoms with E-state index in [0.717, 1.165) is 33.8 Å². The number of halogens is 1. The number of nitrogens with one attached hydrogen (secondary N) is 1. The molecule has 1 aliphatic rings. The Balaban J connectivity index is 1.41. The summed E-state index contributed by atoms with van der Waals surface area (Å²) in [6.45, 7) is 5.56. The molecule has 2 atom stereocenters. The van der Waals surface area contributed by atoms with Crippen LogP contribution in [0.5, 0.6) is 0 Å². The molecule has 0 spiro atoms. The molecule has 2 aromatic carbocycles. The van der Waals surface area contributed by atoms with Crippen molar-refractivity contribution >= 4 is 49.3 Å². The van der Waals surface area contributed by atoms with Gasteiger partial charge in [0.15, 0.2) is 5.13 Å². The number of fused-ring (bicyclic) bond motifs is 3. The number of rotatable bonds is 4. The highest BCUT2D eigenvalue weighted by Gasteiger charge is 2.32. The van der Waals surface area contributed by atoms with Crippen molar-refractivity contribution in [3.05, 3.63) is 36.1 Å². The van der Waals surface area contributed by atoms with Crippen LogP contribution in [-0.2, 0) is 14.3 Å². The van der Waals surface area contributed by atoms with Gasteiger partial charge in [0.2, 0.25) is 5.91 Å². The van der Waals surface area contributed by atoms with E-state index in [1.807, 2.05) is 32.9 Å². The lowest BCUT2D eigenvalue weighted by molar-refractivity contribution is -0.156. The third kappa shape index (κ3) is 4.61. The van der Waals surface area contributed by atoms with Crippen molar-refractivity contribution in [1.29, 1.82) is 0 Å². The Morgan fingerprint density at radius 1 is 1.23 bits per heavy atom. The number of carbonyl (C=O) groups excluding carboxylic acids is 2. The van der Waals surface area contributed by atoms with Gasteiger partial charge in [-0.25, -0.2) is 9.37 Å². The minimum absolute atomic E-state index is 0.0592. The van der Waals surface area contributed by atoms with Gasteiger partial charge in [-0.3, -0.25) is 9.59 Å². The van der Waals surface area contributed by atoms with Gasteiger partial charge in [-0.2, -0.15) is 0 Å². The van der Waals surface area contributed by atoms with Gasteiger partial charge in [-0.15, -0.1) is 0 Å². The third-order valence-electron chi connectivity index (χ3n) is 5.35. The zero-order valence-corrected chi connectivity index (χ0v) is 18.1. The second-order valence-electron chi connectivity index (χ2n) is 8.95. The van der Waals surface area contributed by atoms with E-state index >= 15 is 0 Å². The fraction of sp³-hybridized carbons (Fsp3) is 0.435. The molecule has 1 amide bonds. The number of aromatic nitrogens is 1. The van der Waals surface area contributed by atoms with E-state index in [-0.39, 0.29) is 29.5 Å². The number of thiazole rings is 1. The molecule has 5 nitrogen and oxygen atoms in total. The molecular weight excluding hydrogens is 403 g/mol. The molecule has 1 heterocycles. The molecule has 3 aromatic rings. The van der Waals surface area contributed by atoms with Crippen molar-refractivity contribution in [2.75, 3.05) is 5.32 Å². The maximum atomic E-state index is 13.5. The number of amides is 1. The van der Waals surface area contributed by atoms with Gasteiger partial charge < -0.3 is 10.1 Å². The van der Waals surface area contributed by atoms with E-state index < -0.39 is 5.60 Å². The van der Waals surface area contributed by atoms with E-state index in [2.05, 4.69) is 10.3 Å². The Morgan fingerprint density at radius 2 is 2.03 bits per heavy atom. The number of nitrogens with zero attached hydrogens (tertiary/aromatic N) is 1. The van der Waals surface area contributed by atoms with Crippen molar-refractivity contribution in [3.63, 3.8) is 0 Å². The monoisotopic (exact) mass is 428 g/mol. The van der Waals surface area contributed by atoms with Crippen molar-refractivity contribution in [1.82, 2.24) is 4.98 Å². The minimum atomic E-state index is -0.491. The molecule has 1 aromatic heterocycles. The topological polar surface area (TPSA) is 68.3 Å². The summed E-state index contributed by atoms with van der Waals surface area (Å²) in [5.41, 5.74) is 0.290. The number of hydrogen-bond donors (Lipinski definition) is 1. The highest BCUT2D eigenvalue weighted by molar-refractivity contribution is 7.23. The molecule has 7 heteroatoms. The van der Waals surface area contributed by atoms with Crippen molar-refractivity contribution < 1.29 is 18.7 Å². The van der Waals surface area contributed by atoms with Gasteiger partial charge in [-0.05, 0) is 75.6 Å². The molecule has 30 heavy (non-hydrogen) atoms. The van der Waals surface area contributed by atoms with Crippen LogP contribution in [0.2, 0.25) is 0 Å². The molecule has 0 unspecified atom stereocenters. The molecule has 1 saturated carbocycles. The number of anilines is 1. The Hall–Kier alpha value is -2.54. The summed E-state index contributed by atoms with van der Waals surface area (Å²) in [5, 5.41) is 5.22. The van der Waals surface area contributed by atoms with E-state index in [4.69, 9.17) is 4.74 Å². The number of benzene rings is 2. The van der Waals surface area contributed by atoms with Crippen LogP contribution in [0, 0.1) is 17.7 Å². The van der Waals surface area contributed by atoms with E-state index in [1.165, 1.54) is 23.5 Å². The van der Waals surface area contributed by atoms with Gasteiger partial charge in [0.05, 0.1) is 10.2 Å². The lowest BCUT2D eigenvalue weighted by atomic mass is 10.0. The van der Waals surface area contributed by atoms with Gasteiger partial charge >= 0.3 is 5.97 Å². The molecule has 1 aliphatic carbocycles. The largest absolute Gasteiger partial charge is 0.460 e. The first-order chi connectivity index (χ1) is 14.2. The van der Waals surface area contributed by atoms with E-state index in [0.29, 0.717) is 18.0 Å². The molecule has 1 fully saturated rings. The van der Waals surface area contributed by atoms with Gasteiger partial charge in [0.1, 0.15) is 11.4 Å². The average Bonchev–Trinajstić information content (AvgIpc) is 3.26. The molecule has 0 bridgehead atoms. The van der Waals surface area contributed by atoms with Crippen molar-refractivity contribution in [2.45, 2.75) is 52.1 Å². The zero-order chi connectivity index (χ0) is 21.5. The smallest absolute Gasteiger partial charge is 0.306 e. The van der Waals surface area contributed by atoms with Crippen LogP contribution >= 0.6 is 11.3 Å². The molecule has 4 rings (SSSR count). The summed E-state index contributed by atoms with van der Waals surface area (Å²) in [6.07, 6.45) is 2.63. The van der Waals surface area contributed by atoms with Crippen LogP contribution in [0.3, 0.4) is 0 Å². The first-order valence-electron chi connectivity index (χ1n) is 10.2. The number of carbonyl (C=O) groups is 2. The zero-order valence-electron chi connectivity index (χ0n) is 17.3. The van der Waals surface area contributed by atoms with Gasteiger partial charge in [0.25, 0.3) is 0 Å². The highest BCUT2D eigenvalue weighted by Crippen LogP contribution is 2.36. The van der Waals surface area contributed by atoms with Crippen LogP contribution < -0.4 is 5.32 Å². The normalized spacial score (nSPS) is 19.3. The van der Waals surface area contributed by atoms with Crippen LogP contribution in [-0.4, -0.2) is 22.5 Å². The number of hydrogen-bond acceptors (Lipinski definition) is 5. The Kier molecular flexibility index (Phi) is 5.49. The van der Waals surface area contributed by atoms with Crippen LogP contribution in [0.25, 0.3) is 21.0 Å². The molecule has 158 valence electrons. The first kappa shape index (κ1) is 20.7. The lowest BCUT2D eigenvalue weighted by Crippen LogP contribution is -2.25. The average molecular weight is 429 g/mol. The third-order valence-corrected chi connectivity index (χ3v) is 6.37. The van der Waals surface area contributed by atoms with Crippen LogP contribution in [0.15, 0.2) is 30.3 Å². The predicted molar refractivity (Wildman–Crippen MR) is 117 cm³/mol. The Bertz CT molecular complexity index is 1120. The highest BCUT2D eigenvalue weighted by atomic mass is 32.1. The van der Waals surface area contributed by atoms with Crippen molar-refractivity contribution in [3.8, 4) is 0 Å². The molecule has 0 radical (unpaired) electrons. The van der Waals surface area contributed by atoms with Gasteiger partial charge in [0, 0.05) is 17.7 Å². The second-order valence-corrected chi connectivity index (χ2v) is 9.95. The minimum Gasteiger partial charge on any atom is -0.460 e. The number of esters is 1. The molecule has 1 N–H and O–H groups in total. The van der Waals surface area contributed by atoms with Gasteiger partial charge in [-0.1, -0.05) is 17.4 Å². The predicted octanol–water partition coefficient (Wildman–Crippen LogP) is 5.68. The summed E-state index contributed by atoms with van der Waals surface area (Å²) < 4.78 is 19.8. The van der Waals surface area contributed by atoms with E-state index in [9.17, 15) is 14.0 Å². The van der Waals surface area contributed by atoms with E-state index in [1.54, 1.807) is 6.07 Å². The number of ether oxygens (including phenoxy) is 1. The quantitative estimate of drug-likeness (QED) is 0.543. The summed E-state index contributed by atoms with van der Waals surface area (Å²) in [4.78, 5) is 29.3. The molecule has 0 aliphatic heterocycles. The van der Waals surface area contributed by atoms with Crippen LogP contribution in [0.1, 0.15) is 46.5 Å². The van der Waals surface area contributed by atoms with Crippen LogP contribution in [0.4, 0.5) is 9.52 Å². The molecular formula is C23H25FN2O3S. The maximum absolute atomic E-state index is 13.5. The SMILES string of the molecule is CC(C)(C)OC(=O)C[C@@H]1CC[C@H](C(=O)Nc2nc3ccc4cc(F)ccc4c3s2)C1. The fourth-order valence-corrected chi connectivity index (χ4v) is 5.07. The second kappa shape index (κ2) is 7.95. The summed E-state index contributed by atoms with van der Waals surface area (Å²) in [7, 11) is 0. The van der Waals surface area contributed by atoms with Crippen molar-refractivity contribution in [2.24, 2.45) is 11.8 Å². The first-order valence-corrected chi connectivity index (χ1v) is 11.0. The Labute approximate surface area is 178 Å². The molecule has 0 saturated heterocycles. The standard InChI is InChI=1S/C23H25FN2O3S/c1-23(2,3)29-19(27)11-13-4-5-15(10-13)21(28)26-22-25-18-9-6-14-12-16(24)7-8-17(14)20(18)30-22/h6-9,12-13,15H,4-5,10-11H2,1-3H3,(H,25,26,28)/t13-,15+/m1/s1. The summed E-state index contributed by atoms with van der Waals surface area (Å²) in [5.74, 6) is -0.499. The fourth-order valence-electron chi connectivity index (χ4n) is 4.06. The summed E-state index contributed by atoms with van der Waals surface area (Å²) >= 11 is 1.40. The summed E-state index contributed by atoms with van der Waals surface area (Å²) in [6, 6.07) is 8.36. The maximum Gasteiger partial charge on any atom is 0.306 e. The lowest BCUT2D eigenvalue weighted by Gasteiger charge is -2.20.